The predicted octanol–water partition coefficient (Wildman–Crippen LogP) is 5.13. The van der Waals surface area contributed by atoms with Gasteiger partial charge in [0.2, 0.25) is 5.91 Å². The summed E-state index contributed by atoms with van der Waals surface area (Å²) in [5, 5.41) is 3.30. The van der Waals surface area contributed by atoms with Gasteiger partial charge in [-0.15, -0.1) is 0 Å². The number of imidazole rings is 1. The van der Waals surface area contributed by atoms with Crippen LogP contribution in [-0.4, -0.2) is 21.1 Å². The van der Waals surface area contributed by atoms with Crippen LogP contribution >= 0.6 is 11.8 Å². The standard InChI is InChI=1S/C23H21N3O2S/c1-16(22(27)24-15-19-13-8-14-28-19)29-23-25-20(17-9-4-2-5-10-17)21(26-23)18-11-6-3-7-12-18/h2-14,16H,15H2,1H3,(H,24,27)(H,25,26). The Morgan fingerprint density at radius 2 is 1.72 bits per heavy atom. The average Bonchev–Trinajstić information content (AvgIpc) is 3.43. The zero-order valence-electron chi connectivity index (χ0n) is 16.0. The molecule has 0 saturated heterocycles. The van der Waals surface area contributed by atoms with Gasteiger partial charge >= 0.3 is 0 Å². The zero-order valence-corrected chi connectivity index (χ0v) is 16.8. The van der Waals surface area contributed by atoms with E-state index in [1.807, 2.05) is 73.7 Å². The molecule has 2 N–H and O–H groups in total. The third-order valence-corrected chi connectivity index (χ3v) is 5.45. The number of nitrogens with zero attached hydrogens (tertiary/aromatic N) is 1. The Labute approximate surface area is 173 Å². The summed E-state index contributed by atoms with van der Waals surface area (Å²) >= 11 is 1.40. The van der Waals surface area contributed by atoms with Gasteiger partial charge in [0.15, 0.2) is 5.16 Å². The summed E-state index contributed by atoms with van der Waals surface area (Å²) in [6.45, 7) is 2.24. The lowest BCUT2D eigenvalue weighted by molar-refractivity contribution is -0.120. The van der Waals surface area contributed by atoms with Crippen molar-refractivity contribution in [3.63, 3.8) is 0 Å². The summed E-state index contributed by atoms with van der Waals surface area (Å²) in [5.41, 5.74) is 3.91. The van der Waals surface area contributed by atoms with E-state index in [4.69, 9.17) is 9.40 Å². The second-order valence-electron chi connectivity index (χ2n) is 6.55. The molecular formula is C23H21N3O2S. The number of furan rings is 1. The van der Waals surface area contributed by atoms with Crippen LogP contribution in [-0.2, 0) is 11.3 Å². The number of aromatic nitrogens is 2. The quantitative estimate of drug-likeness (QED) is 0.420. The third kappa shape index (κ3) is 4.60. The Morgan fingerprint density at radius 1 is 1.03 bits per heavy atom. The number of carbonyl (C=O) groups is 1. The molecule has 0 aliphatic rings. The summed E-state index contributed by atoms with van der Waals surface area (Å²) in [6, 6.07) is 23.8. The first-order valence-corrected chi connectivity index (χ1v) is 10.3. The van der Waals surface area contributed by atoms with Gasteiger partial charge in [0.25, 0.3) is 0 Å². The monoisotopic (exact) mass is 403 g/mol. The second-order valence-corrected chi connectivity index (χ2v) is 7.88. The lowest BCUT2D eigenvalue weighted by Crippen LogP contribution is -2.30. The van der Waals surface area contributed by atoms with Gasteiger partial charge in [0.1, 0.15) is 5.76 Å². The van der Waals surface area contributed by atoms with Gasteiger partial charge in [-0.2, -0.15) is 0 Å². The molecule has 0 aliphatic carbocycles. The van der Waals surface area contributed by atoms with Crippen LogP contribution in [0, 0.1) is 0 Å². The number of hydrogen-bond donors (Lipinski definition) is 2. The van der Waals surface area contributed by atoms with E-state index >= 15 is 0 Å². The van der Waals surface area contributed by atoms with E-state index in [1.54, 1.807) is 12.3 Å². The highest BCUT2D eigenvalue weighted by Gasteiger charge is 2.19. The van der Waals surface area contributed by atoms with Crippen LogP contribution in [0.4, 0.5) is 0 Å². The summed E-state index contributed by atoms with van der Waals surface area (Å²) < 4.78 is 5.26. The summed E-state index contributed by atoms with van der Waals surface area (Å²) in [4.78, 5) is 20.7. The number of aromatic amines is 1. The molecule has 5 nitrogen and oxygen atoms in total. The number of rotatable bonds is 7. The molecule has 1 amide bonds. The van der Waals surface area contributed by atoms with Gasteiger partial charge in [-0.3, -0.25) is 4.79 Å². The molecule has 6 heteroatoms. The zero-order chi connectivity index (χ0) is 20.1. The smallest absolute Gasteiger partial charge is 0.233 e. The van der Waals surface area contributed by atoms with Crippen LogP contribution in [0.25, 0.3) is 22.5 Å². The molecule has 0 fully saturated rings. The molecule has 4 rings (SSSR count). The first kappa shape index (κ1) is 19.1. The number of hydrogen-bond acceptors (Lipinski definition) is 4. The minimum absolute atomic E-state index is 0.0645. The largest absolute Gasteiger partial charge is 0.467 e. The highest BCUT2D eigenvalue weighted by molar-refractivity contribution is 8.00. The van der Waals surface area contributed by atoms with Gasteiger partial charge in [0, 0.05) is 11.1 Å². The fourth-order valence-corrected chi connectivity index (χ4v) is 3.81. The Hall–Kier alpha value is -3.25. The lowest BCUT2D eigenvalue weighted by atomic mass is 10.1. The van der Waals surface area contributed by atoms with E-state index in [-0.39, 0.29) is 11.2 Å². The molecule has 0 radical (unpaired) electrons. The van der Waals surface area contributed by atoms with Crippen LogP contribution in [0.15, 0.2) is 88.6 Å². The second kappa shape index (κ2) is 8.84. The Bertz CT molecular complexity index is 1000. The van der Waals surface area contributed by atoms with Crippen LogP contribution in [0.1, 0.15) is 12.7 Å². The fourth-order valence-electron chi connectivity index (χ4n) is 2.98. The predicted molar refractivity (Wildman–Crippen MR) is 115 cm³/mol. The molecule has 4 aromatic rings. The Morgan fingerprint density at radius 3 is 2.38 bits per heavy atom. The minimum Gasteiger partial charge on any atom is -0.467 e. The van der Waals surface area contributed by atoms with Crippen molar-refractivity contribution in [1.82, 2.24) is 15.3 Å². The minimum atomic E-state index is -0.302. The van der Waals surface area contributed by atoms with Gasteiger partial charge in [-0.05, 0) is 19.1 Å². The maximum atomic E-state index is 12.5. The van der Waals surface area contributed by atoms with E-state index in [0.29, 0.717) is 11.7 Å². The molecule has 2 aromatic heterocycles. The summed E-state index contributed by atoms with van der Waals surface area (Å²) in [5.74, 6) is 0.664. The van der Waals surface area contributed by atoms with Crippen LogP contribution in [0.2, 0.25) is 0 Å². The molecule has 1 unspecified atom stereocenters. The van der Waals surface area contributed by atoms with Crippen molar-refractivity contribution in [3.05, 3.63) is 84.8 Å². The van der Waals surface area contributed by atoms with Crippen molar-refractivity contribution < 1.29 is 9.21 Å². The van der Waals surface area contributed by atoms with Crippen molar-refractivity contribution in [3.8, 4) is 22.5 Å². The van der Waals surface area contributed by atoms with Crippen molar-refractivity contribution in [2.24, 2.45) is 0 Å². The molecule has 1 atom stereocenters. The highest BCUT2D eigenvalue weighted by Crippen LogP contribution is 2.33. The van der Waals surface area contributed by atoms with E-state index in [9.17, 15) is 4.79 Å². The van der Waals surface area contributed by atoms with Gasteiger partial charge < -0.3 is 14.7 Å². The van der Waals surface area contributed by atoms with E-state index in [2.05, 4.69) is 10.3 Å². The first-order chi connectivity index (χ1) is 14.2. The fraction of sp³-hybridized carbons (Fsp3) is 0.130. The van der Waals surface area contributed by atoms with Gasteiger partial charge in [-0.25, -0.2) is 4.98 Å². The maximum Gasteiger partial charge on any atom is 0.233 e. The SMILES string of the molecule is CC(Sc1nc(-c2ccccc2)c(-c2ccccc2)[nH]1)C(=O)NCc1ccco1. The van der Waals surface area contributed by atoms with Crippen LogP contribution in [0.3, 0.4) is 0 Å². The molecule has 2 heterocycles. The molecule has 0 aliphatic heterocycles. The molecule has 0 bridgehead atoms. The topological polar surface area (TPSA) is 70.9 Å². The van der Waals surface area contributed by atoms with Gasteiger partial charge in [0.05, 0.1) is 29.4 Å². The van der Waals surface area contributed by atoms with E-state index < -0.39 is 0 Å². The van der Waals surface area contributed by atoms with Crippen molar-refractivity contribution >= 4 is 17.7 Å². The normalized spacial score (nSPS) is 11.9. The third-order valence-electron chi connectivity index (χ3n) is 4.47. The Kier molecular flexibility index (Phi) is 5.81. The molecule has 146 valence electrons. The van der Waals surface area contributed by atoms with E-state index in [1.165, 1.54) is 11.8 Å². The van der Waals surface area contributed by atoms with Crippen LogP contribution in [0.5, 0.6) is 0 Å². The van der Waals surface area contributed by atoms with Crippen molar-refractivity contribution in [2.45, 2.75) is 23.9 Å². The number of H-pyrrole nitrogens is 1. The van der Waals surface area contributed by atoms with Crippen LogP contribution < -0.4 is 5.32 Å². The number of amides is 1. The number of thioether (sulfide) groups is 1. The molecule has 2 aromatic carbocycles. The number of nitrogens with one attached hydrogen (secondary N) is 2. The lowest BCUT2D eigenvalue weighted by Gasteiger charge is -2.09. The molecule has 29 heavy (non-hydrogen) atoms. The average molecular weight is 404 g/mol. The van der Waals surface area contributed by atoms with Crippen molar-refractivity contribution in [2.75, 3.05) is 0 Å². The first-order valence-electron chi connectivity index (χ1n) is 9.38. The van der Waals surface area contributed by atoms with E-state index in [0.717, 1.165) is 28.3 Å². The Balaban J connectivity index is 1.54. The number of benzene rings is 2. The van der Waals surface area contributed by atoms with Crippen molar-refractivity contribution in [1.29, 1.82) is 0 Å². The summed E-state index contributed by atoms with van der Waals surface area (Å²) in [6.07, 6.45) is 1.60. The number of carbonyl (C=O) groups excluding carboxylic acids is 1. The summed E-state index contributed by atoms with van der Waals surface area (Å²) in [7, 11) is 0. The van der Waals surface area contributed by atoms with Gasteiger partial charge in [-0.1, -0.05) is 72.4 Å². The molecular weight excluding hydrogens is 382 g/mol. The maximum absolute atomic E-state index is 12.5. The molecule has 0 spiro atoms. The highest BCUT2D eigenvalue weighted by atomic mass is 32.2. The molecule has 0 saturated carbocycles.